The number of nitrogens with one attached hydrogen (secondary N) is 2. The minimum atomic E-state index is -0.299. The molecule has 0 aliphatic heterocycles. The van der Waals surface area contributed by atoms with E-state index in [-0.39, 0.29) is 11.9 Å². The molecule has 1 rings (SSSR count). The van der Waals surface area contributed by atoms with E-state index in [4.69, 9.17) is 11.6 Å². The van der Waals surface area contributed by atoms with Gasteiger partial charge in [-0.25, -0.2) is 0 Å². The largest absolute Gasteiger partial charge is 0.373 e. The van der Waals surface area contributed by atoms with Gasteiger partial charge in [0, 0.05) is 10.6 Å². The van der Waals surface area contributed by atoms with Gasteiger partial charge in [0.25, 0.3) is 0 Å². The highest BCUT2D eigenvalue weighted by Crippen LogP contribution is 2.24. The Morgan fingerprint density at radius 3 is 2.73 bits per heavy atom. The number of benzene rings is 1. The maximum absolute atomic E-state index is 11.3. The predicted molar refractivity (Wildman–Crippen MR) is 71.3 cm³/mol. The third-order valence-corrected chi connectivity index (χ3v) is 2.93. The van der Waals surface area contributed by atoms with Crippen LogP contribution in [-0.4, -0.2) is 19.0 Å². The van der Waals surface area contributed by atoms with Gasteiger partial charge in [-0.15, -0.1) is 0 Å². The van der Waals surface area contributed by atoms with Gasteiger partial charge in [0.05, 0.1) is 10.7 Å². The van der Waals surface area contributed by atoms with Gasteiger partial charge >= 0.3 is 0 Å². The van der Waals surface area contributed by atoms with E-state index in [1.807, 2.05) is 18.2 Å². The molecule has 0 aliphatic carbocycles. The molecule has 82 valence electrons. The third kappa shape index (κ3) is 3.53. The van der Waals surface area contributed by atoms with Crippen LogP contribution in [0.15, 0.2) is 18.2 Å². The van der Waals surface area contributed by atoms with Gasteiger partial charge in [0.2, 0.25) is 5.91 Å². The highest BCUT2D eigenvalue weighted by Gasteiger charge is 2.11. The Bertz CT molecular complexity index is 370. The average Bonchev–Trinajstić information content (AvgIpc) is 2.20. The van der Waals surface area contributed by atoms with Crippen LogP contribution in [0.25, 0.3) is 0 Å². The van der Waals surface area contributed by atoms with Crippen LogP contribution in [0.2, 0.25) is 5.02 Å². The van der Waals surface area contributed by atoms with Crippen molar-refractivity contribution in [2.75, 3.05) is 12.4 Å². The van der Waals surface area contributed by atoms with Crippen LogP contribution >= 0.6 is 34.2 Å². The molecule has 5 heteroatoms. The summed E-state index contributed by atoms with van der Waals surface area (Å²) < 4.78 is 1.07. The lowest BCUT2D eigenvalue weighted by Crippen LogP contribution is -2.35. The molecule has 1 amide bonds. The Morgan fingerprint density at radius 1 is 1.53 bits per heavy atom. The summed E-state index contributed by atoms with van der Waals surface area (Å²) in [5, 5.41) is 6.23. The number of hydrogen-bond donors (Lipinski definition) is 2. The Morgan fingerprint density at radius 2 is 2.20 bits per heavy atom. The standard InChI is InChI=1S/C10H12ClIN2O/c1-6(10(15)13-2)14-9-4-3-7(12)5-8(9)11/h3-6,14H,1-2H3,(H,13,15). The van der Waals surface area contributed by atoms with E-state index in [0.717, 1.165) is 9.26 Å². The molecule has 1 aromatic rings. The normalized spacial score (nSPS) is 12.0. The maximum atomic E-state index is 11.3. The molecule has 1 aromatic carbocycles. The van der Waals surface area contributed by atoms with Crippen LogP contribution in [0.3, 0.4) is 0 Å². The Hall–Kier alpha value is -0.490. The summed E-state index contributed by atoms with van der Waals surface area (Å²) in [7, 11) is 1.61. The fourth-order valence-corrected chi connectivity index (χ4v) is 2.03. The van der Waals surface area contributed by atoms with E-state index in [1.165, 1.54) is 0 Å². The van der Waals surface area contributed by atoms with Crippen molar-refractivity contribution in [3.8, 4) is 0 Å². The van der Waals surface area contributed by atoms with Crippen LogP contribution in [0, 0.1) is 3.57 Å². The SMILES string of the molecule is CNC(=O)C(C)Nc1ccc(I)cc1Cl. The Labute approximate surface area is 108 Å². The van der Waals surface area contributed by atoms with Gasteiger partial charge in [-0.1, -0.05) is 11.6 Å². The van der Waals surface area contributed by atoms with Crippen molar-refractivity contribution in [1.82, 2.24) is 5.32 Å². The van der Waals surface area contributed by atoms with Crippen molar-refractivity contribution in [2.24, 2.45) is 0 Å². The zero-order chi connectivity index (χ0) is 11.4. The molecule has 0 fully saturated rings. The number of rotatable bonds is 3. The molecule has 0 aliphatic rings. The number of anilines is 1. The van der Waals surface area contributed by atoms with Crippen molar-refractivity contribution in [3.63, 3.8) is 0 Å². The lowest BCUT2D eigenvalue weighted by atomic mass is 10.2. The van der Waals surface area contributed by atoms with Gasteiger partial charge < -0.3 is 10.6 Å². The van der Waals surface area contributed by atoms with Crippen LogP contribution < -0.4 is 10.6 Å². The first kappa shape index (κ1) is 12.6. The summed E-state index contributed by atoms with van der Waals surface area (Å²) in [6.45, 7) is 1.78. The monoisotopic (exact) mass is 338 g/mol. The molecular formula is C10H12ClIN2O. The van der Waals surface area contributed by atoms with Gasteiger partial charge in [-0.05, 0) is 47.7 Å². The zero-order valence-electron chi connectivity index (χ0n) is 8.47. The summed E-state index contributed by atoms with van der Waals surface area (Å²) in [5.41, 5.74) is 0.771. The Kier molecular flexibility index (Phi) is 4.66. The fraction of sp³-hybridized carbons (Fsp3) is 0.300. The predicted octanol–water partition coefficient (Wildman–Crippen LogP) is 2.49. The molecule has 0 bridgehead atoms. The van der Waals surface area contributed by atoms with Crippen molar-refractivity contribution >= 4 is 45.8 Å². The average molecular weight is 339 g/mol. The number of halogens is 2. The minimum Gasteiger partial charge on any atom is -0.373 e. The van der Waals surface area contributed by atoms with E-state index >= 15 is 0 Å². The third-order valence-electron chi connectivity index (χ3n) is 1.94. The number of carbonyl (C=O) groups is 1. The van der Waals surface area contributed by atoms with Crippen LogP contribution in [0.1, 0.15) is 6.92 Å². The molecule has 0 saturated carbocycles. The Balaban J connectivity index is 2.76. The van der Waals surface area contributed by atoms with Crippen LogP contribution in [0.4, 0.5) is 5.69 Å². The van der Waals surface area contributed by atoms with E-state index in [2.05, 4.69) is 33.2 Å². The van der Waals surface area contributed by atoms with Crippen molar-refractivity contribution in [3.05, 3.63) is 26.8 Å². The summed E-state index contributed by atoms with van der Waals surface area (Å²) in [6.07, 6.45) is 0. The summed E-state index contributed by atoms with van der Waals surface area (Å²) in [6, 6.07) is 5.35. The van der Waals surface area contributed by atoms with E-state index in [1.54, 1.807) is 14.0 Å². The van der Waals surface area contributed by atoms with Crippen LogP contribution in [0.5, 0.6) is 0 Å². The zero-order valence-corrected chi connectivity index (χ0v) is 11.4. The van der Waals surface area contributed by atoms with Gasteiger partial charge in [0.15, 0.2) is 0 Å². The second kappa shape index (κ2) is 5.55. The molecule has 0 aromatic heterocycles. The first-order chi connectivity index (χ1) is 7.04. The molecule has 0 heterocycles. The molecule has 0 saturated heterocycles. The highest BCUT2D eigenvalue weighted by molar-refractivity contribution is 14.1. The maximum Gasteiger partial charge on any atom is 0.241 e. The van der Waals surface area contributed by atoms with Crippen molar-refractivity contribution in [2.45, 2.75) is 13.0 Å². The van der Waals surface area contributed by atoms with E-state index < -0.39 is 0 Å². The number of likely N-dealkylation sites (N-methyl/N-ethyl adjacent to an activating group) is 1. The van der Waals surface area contributed by atoms with Gasteiger partial charge in [-0.2, -0.15) is 0 Å². The molecule has 0 radical (unpaired) electrons. The summed E-state index contributed by atoms with van der Waals surface area (Å²) in [4.78, 5) is 11.3. The molecule has 0 spiro atoms. The first-order valence-electron chi connectivity index (χ1n) is 4.47. The first-order valence-corrected chi connectivity index (χ1v) is 5.93. The number of amides is 1. The van der Waals surface area contributed by atoms with Crippen molar-refractivity contribution < 1.29 is 4.79 Å². The molecular weight excluding hydrogens is 326 g/mol. The molecule has 3 nitrogen and oxygen atoms in total. The quantitative estimate of drug-likeness (QED) is 0.832. The lowest BCUT2D eigenvalue weighted by molar-refractivity contribution is -0.121. The molecule has 2 N–H and O–H groups in total. The minimum absolute atomic E-state index is 0.0652. The lowest BCUT2D eigenvalue weighted by Gasteiger charge is -2.14. The number of hydrogen-bond acceptors (Lipinski definition) is 2. The fourth-order valence-electron chi connectivity index (χ4n) is 1.12. The van der Waals surface area contributed by atoms with E-state index in [0.29, 0.717) is 5.02 Å². The van der Waals surface area contributed by atoms with E-state index in [9.17, 15) is 4.79 Å². The molecule has 1 atom stereocenters. The van der Waals surface area contributed by atoms with Gasteiger partial charge in [0.1, 0.15) is 6.04 Å². The topological polar surface area (TPSA) is 41.1 Å². The number of carbonyl (C=O) groups excluding carboxylic acids is 1. The molecule has 1 unspecified atom stereocenters. The van der Waals surface area contributed by atoms with Crippen LogP contribution in [-0.2, 0) is 4.79 Å². The van der Waals surface area contributed by atoms with Crippen molar-refractivity contribution in [1.29, 1.82) is 0 Å². The summed E-state index contributed by atoms with van der Waals surface area (Å²) in [5.74, 6) is -0.0652. The van der Waals surface area contributed by atoms with Gasteiger partial charge in [-0.3, -0.25) is 4.79 Å². The highest BCUT2D eigenvalue weighted by atomic mass is 127. The second-order valence-electron chi connectivity index (χ2n) is 3.10. The molecule has 15 heavy (non-hydrogen) atoms. The summed E-state index contributed by atoms with van der Waals surface area (Å²) >= 11 is 8.21. The smallest absolute Gasteiger partial charge is 0.241 e. The second-order valence-corrected chi connectivity index (χ2v) is 4.76.